The lowest BCUT2D eigenvalue weighted by Crippen LogP contribution is -2.11. The van der Waals surface area contributed by atoms with Crippen LogP contribution in [0, 0.1) is 12.7 Å². The molecule has 2 aromatic carbocycles. The van der Waals surface area contributed by atoms with Gasteiger partial charge in [-0.3, -0.25) is 10.1 Å². The van der Waals surface area contributed by atoms with E-state index >= 15 is 0 Å². The van der Waals surface area contributed by atoms with Crippen LogP contribution in [-0.4, -0.2) is 18.0 Å². The summed E-state index contributed by atoms with van der Waals surface area (Å²) in [5, 5.41) is 5.74. The van der Waals surface area contributed by atoms with Gasteiger partial charge >= 0.3 is 0 Å². The molecule has 5 nitrogen and oxygen atoms in total. The minimum atomic E-state index is -0.316. The average Bonchev–Trinajstić information content (AvgIpc) is 3.26. The van der Waals surface area contributed by atoms with Crippen LogP contribution in [0.5, 0.6) is 5.75 Å². The number of aryl methyl sites for hydroxylation is 1. The van der Waals surface area contributed by atoms with Crippen LogP contribution in [0.25, 0.3) is 22.4 Å². The number of methoxy groups -OCH3 is 1. The van der Waals surface area contributed by atoms with Gasteiger partial charge in [0, 0.05) is 21.9 Å². The summed E-state index contributed by atoms with van der Waals surface area (Å²) in [5.74, 6) is 0.669. The normalized spacial score (nSPS) is 10.9. The number of furan rings is 1. The first-order valence-corrected chi connectivity index (χ1v) is 9.03. The summed E-state index contributed by atoms with van der Waals surface area (Å²) in [4.78, 5) is 16.8. The number of hydrogen-bond acceptors (Lipinski definition) is 5. The Bertz CT molecular complexity index is 1130. The summed E-state index contributed by atoms with van der Waals surface area (Å²) in [6, 6.07) is 11.2. The minimum Gasteiger partial charge on any atom is -0.497 e. The van der Waals surface area contributed by atoms with E-state index in [9.17, 15) is 9.18 Å². The van der Waals surface area contributed by atoms with Gasteiger partial charge in [0.2, 0.25) is 0 Å². The molecule has 0 radical (unpaired) electrons. The number of ether oxygens (including phenoxy) is 1. The van der Waals surface area contributed by atoms with Gasteiger partial charge in [0.15, 0.2) is 10.9 Å². The number of rotatable bonds is 4. The van der Waals surface area contributed by atoms with Gasteiger partial charge in [-0.1, -0.05) is 0 Å². The van der Waals surface area contributed by atoms with Crippen molar-refractivity contribution in [3.63, 3.8) is 0 Å². The molecule has 1 N–H and O–H groups in total. The fourth-order valence-corrected chi connectivity index (χ4v) is 3.47. The van der Waals surface area contributed by atoms with E-state index in [2.05, 4.69) is 10.3 Å². The number of halogens is 1. The van der Waals surface area contributed by atoms with E-state index in [1.807, 2.05) is 6.92 Å². The Hall–Kier alpha value is -3.19. The van der Waals surface area contributed by atoms with Crippen molar-refractivity contribution in [2.24, 2.45) is 0 Å². The smallest absolute Gasteiger partial charge is 0.257 e. The molecule has 0 bridgehead atoms. The zero-order valence-corrected chi connectivity index (χ0v) is 15.4. The van der Waals surface area contributed by atoms with Crippen molar-refractivity contribution in [2.75, 3.05) is 12.4 Å². The number of nitrogens with one attached hydrogen (secondary N) is 1. The second-order valence-corrected chi connectivity index (χ2v) is 6.78. The molecule has 0 aliphatic heterocycles. The zero-order valence-electron chi connectivity index (χ0n) is 14.6. The number of nitrogens with zero attached hydrogens (tertiary/aromatic N) is 1. The molecule has 4 aromatic rings. The summed E-state index contributed by atoms with van der Waals surface area (Å²) >= 11 is 1.29. The highest BCUT2D eigenvalue weighted by Crippen LogP contribution is 2.34. The van der Waals surface area contributed by atoms with Crippen LogP contribution in [-0.2, 0) is 0 Å². The summed E-state index contributed by atoms with van der Waals surface area (Å²) in [5.41, 5.74) is 2.51. The summed E-state index contributed by atoms with van der Waals surface area (Å²) in [6.07, 6.45) is 0. The lowest BCUT2D eigenvalue weighted by Gasteiger charge is -2.03. The summed E-state index contributed by atoms with van der Waals surface area (Å²) in [6.45, 7) is 1.86. The monoisotopic (exact) mass is 382 g/mol. The van der Waals surface area contributed by atoms with Crippen LogP contribution in [0.15, 0.2) is 52.3 Å². The van der Waals surface area contributed by atoms with E-state index in [4.69, 9.17) is 9.15 Å². The van der Waals surface area contributed by atoms with E-state index < -0.39 is 0 Å². The summed E-state index contributed by atoms with van der Waals surface area (Å²) in [7, 11) is 1.57. The average molecular weight is 382 g/mol. The van der Waals surface area contributed by atoms with Crippen molar-refractivity contribution in [3.05, 3.63) is 64.8 Å². The number of thiazole rings is 1. The Morgan fingerprint density at radius 1 is 1.22 bits per heavy atom. The predicted molar refractivity (Wildman–Crippen MR) is 103 cm³/mol. The fourth-order valence-electron chi connectivity index (χ4n) is 2.78. The highest BCUT2D eigenvalue weighted by Gasteiger charge is 2.17. The number of benzene rings is 2. The van der Waals surface area contributed by atoms with Crippen LogP contribution in [0.3, 0.4) is 0 Å². The Balaban J connectivity index is 1.58. The molecule has 2 aromatic heterocycles. The van der Waals surface area contributed by atoms with Crippen molar-refractivity contribution < 1.29 is 18.3 Å². The van der Waals surface area contributed by atoms with Crippen molar-refractivity contribution in [2.45, 2.75) is 6.92 Å². The van der Waals surface area contributed by atoms with E-state index in [0.29, 0.717) is 38.9 Å². The maximum absolute atomic E-state index is 13.5. The summed E-state index contributed by atoms with van der Waals surface area (Å²) < 4.78 is 24.4. The lowest BCUT2D eigenvalue weighted by molar-refractivity contribution is 0.102. The van der Waals surface area contributed by atoms with E-state index in [1.54, 1.807) is 42.8 Å². The van der Waals surface area contributed by atoms with Crippen LogP contribution < -0.4 is 10.1 Å². The first kappa shape index (κ1) is 17.2. The van der Waals surface area contributed by atoms with E-state index in [-0.39, 0.29) is 11.7 Å². The Morgan fingerprint density at radius 3 is 2.74 bits per heavy atom. The van der Waals surface area contributed by atoms with Crippen LogP contribution >= 0.6 is 11.3 Å². The van der Waals surface area contributed by atoms with Gasteiger partial charge < -0.3 is 9.15 Å². The Labute approximate surface area is 158 Å². The molecule has 136 valence electrons. The van der Waals surface area contributed by atoms with Crippen LogP contribution in [0.2, 0.25) is 0 Å². The molecule has 0 atom stereocenters. The van der Waals surface area contributed by atoms with Gasteiger partial charge in [0.05, 0.1) is 7.11 Å². The van der Waals surface area contributed by atoms with Gasteiger partial charge in [0.25, 0.3) is 5.91 Å². The van der Waals surface area contributed by atoms with Crippen molar-refractivity contribution >= 4 is 33.3 Å². The number of amides is 1. The number of anilines is 1. The van der Waals surface area contributed by atoms with Gasteiger partial charge in [-0.15, -0.1) is 11.3 Å². The molecule has 0 spiro atoms. The molecular formula is C20H15FN2O3S. The largest absolute Gasteiger partial charge is 0.497 e. The molecule has 0 saturated carbocycles. The van der Waals surface area contributed by atoms with Gasteiger partial charge in [-0.05, 0) is 49.4 Å². The molecule has 0 unspecified atom stereocenters. The molecule has 1 amide bonds. The second-order valence-electron chi connectivity index (χ2n) is 5.92. The molecule has 0 saturated heterocycles. The number of fused-ring (bicyclic) bond motifs is 1. The third-order valence-corrected chi connectivity index (χ3v) is 4.97. The lowest BCUT2D eigenvalue weighted by atomic mass is 10.1. The third kappa shape index (κ3) is 3.29. The Kier molecular flexibility index (Phi) is 4.37. The number of hydrogen-bond donors (Lipinski definition) is 1. The Morgan fingerprint density at radius 2 is 2.00 bits per heavy atom. The number of carbonyl (C=O) groups is 1. The first-order chi connectivity index (χ1) is 13.0. The maximum Gasteiger partial charge on any atom is 0.257 e. The third-order valence-electron chi connectivity index (χ3n) is 4.21. The molecule has 0 fully saturated rings. The zero-order chi connectivity index (χ0) is 19.0. The van der Waals surface area contributed by atoms with E-state index in [0.717, 1.165) is 5.56 Å². The van der Waals surface area contributed by atoms with E-state index in [1.165, 1.54) is 23.5 Å². The van der Waals surface area contributed by atoms with Crippen LogP contribution in [0.1, 0.15) is 15.9 Å². The fraction of sp³-hybridized carbons (Fsp3) is 0.100. The first-order valence-electron chi connectivity index (χ1n) is 8.15. The van der Waals surface area contributed by atoms with Crippen molar-refractivity contribution in [1.29, 1.82) is 0 Å². The van der Waals surface area contributed by atoms with Crippen molar-refractivity contribution in [1.82, 2.24) is 4.98 Å². The molecule has 0 aliphatic rings. The maximum atomic E-state index is 13.5. The van der Waals surface area contributed by atoms with Crippen molar-refractivity contribution in [3.8, 4) is 17.2 Å². The molecule has 2 heterocycles. The van der Waals surface area contributed by atoms with Gasteiger partial charge in [0.1, 0.15) is 22.8 Å². The van der Waals surface area contributed by atoms with Gasteiger partial charge in [-0.25, -0.2) is 9.37 Å². The SMILES string of the molecule is COc1ccc(C(=O)Nc2nc(-c3oc4ccc(F)cc4c3C)cs2)cc1. The second kappa shape index (κ2) is 6.85. The topological polar surface area (TPSA) is 64.4 Å². The molecular weight excluding hydrogens is 367 g/mol. The van der Waals surface area contributed by atoms with Gasteiger partial charge in [-0.2, -0.15) is 0 Å². The highest BCUT2D eigenvalue weighted by atomic mass is 32.1. The minimum absolute atomic E-state index is 0.262. The molecule has 27 heavy (non-hydrogen) atoms. The predicted octanol–water partition coefficient (Wildman–Crippen LogP) is 5.26. The quantitative estimate of drug-likeness (QED) is 0.523. The number of carbonyl (C=O) groups excluding carboxylic acids is 1. The molecule has 4 rings (SSSR count). The number of aromatic nitrogens is 1. The standard InChI is InChI=1S/C20H15FN2O3S/c1-11-15-9-13(21)5-8-17(15)26-18(11)16-10-27-20(22-16)23-19(24)12-3-6-14(25-2)7-4-12/h3-10H,1-2H3,(H,22,23,24). The molecule has 7 heteroatoms. The molecule has 0 aliphatic carbocycles. The van der Waals surface area contributed by atoms with Crippen LogP contribution in [0.4, 0.5) is 9.52 Å². The highest BCUT2D eigenvalue weighted by molar-refractivity contribution is 7.14.